The maximum absolute atomic E-state index is 12.0. The molecular weight excluding hydrogens is 252 g/mol. The van der Waals surface area contributed by atoms with Crippen molar-refractivity contribution in [2.45, 2.75) is 39.7 Å². The smallest absolute Gasteiger partial charge is 0.251 e. The van der Waals surface area contributed by atoms with Gasteiger partial charge >= 0.3 is 0 Å². The Bertz CT molecular complexity index is 417. The van der Waals surface area contributed by atoms with Crippen LogP contribution in [0.3, 0.4) is 0 Å². The van der Waals surface area contributed by atoms with Gasteiger partial charge in [-0.15, -0.1) is 0 Å². The van der Waals surface area contributed by atoms with Crippen molar-refractivity contribution in [3.8, 4) is 5.75 Å². The number of amides is 1. The van der Waals surface area contributed by atoms with E-state index in [1.165, 1.54) is 6.07 Å². The highest BCUT2D eigenvalue weighted by Gasteiger charge is 2.10. The van der Waals surface area contributed by atoms with E-state index in [2.05, 4.69) is 24.1 Å². The Morgan fingerprint density at radius 2 is 2.05 bits per heavy atom. The zero-order valence-electron chi connectivity index (χ0n) is 12.7. The highest BCUT2D eigenvalue weighted by atomic mass is 16.3. The molecule has 1 aromatic rings. The second-order valence-electron chi connectivity index (χ2n) is 5.09. The summed E-state index contributed by atoms with van der Waals surface area (Å²) in [7, 11) is 0. The van der Waals surface area contributed by atoms with Crippen LogP contribution in [0.4, 0.5) is 0 Å². The lowest BCUT2D eigenvalue weighted by atomic mass is 10.1. The van der Waals surface area contributed by atoms with Gasteiger partial charge in [0.1, 0.15) is 5.75 Å². The molecule has 0 aliphatic carbocycles. The van der Waals surface area contributed by atoms with Crippen LogP contribution < -0.4 is 5.32 Å². The van der Waals surface area contributed by atoms with Gasteiger partial charge < -0.3 is 15.3 Å². The van der Waals surface area contributed by atoms with Crippen LogP contribution in [0.15, 0.2) is 24.3 Å². The van der Waals surface area contributed by atoms with Gasteiger partial charge in [-0.3, -0.25) is 4.79 Å². The van der Waals surface area contributed by atoms with E-state index in [1.54, 1.807) is 18.2 Å². The van der Waals surface area contributed by atoms with Gasteiger partial charge in [0.05, 0.1) is 0 Å². The maximum atomic E-state index is 12.0. The molecule has 0 spiro atoms. The third kappa shape index (κ3) is 5.61. The fraction of sp³-hybridized carbons (Fsp3) is 0.562. The Morgan fingerprint density at radius 3 is 2.65 bits per heavy atom. The Morgan fingerprint density at radius 1 is 1.35 bits per heavy atom. The predicted molar refractivity (Wildman–Crippen MR) is 82.1 cm³/mol. The molecule has 4 heteroatoms. The van der Waals surface area contributed by atoms with E-state index in [0.717, 1.165) is 32.5 Å². The fourth-order valence-corrected chi connectivity index (χ4v) is 2.19. The number of hydrogen-bond acceptors (Lipinski definition) is 3. The first-order valence-electron chi connectivity index (χ1n) is 7.39. The van der Waals surface area contributed by atoms with Crippen molar-refractivity contribution in [1.29, 1.82) is 0 Å². The van der Waals surface area contributed by atoms with Gasteiger partial charge in [-0.05, 0) is 57.6 Å². The highest BCUT2D eigenvalue weighted by Crippen LogP contribution is 2.11. The normalized spacial score (nSPS) is 12.4. The summed E-state index contributed by atoms with van der Waals surface area (Å²) >= 11 is 0. The van der Waals surface area contributed by atoms with Crippen LogP contribution in [0.2, 0.25) is 0 Å². The summed E-state index contributed by atoms with van der Waals surface area (Å²) < 4.78 is 0. The molecule has 0 bridgehead atoms. The zero-order chi connectivity index (χ0) is 15.0. The number of phenolic OH excluding ortho intramolecular Hbond substituents is 1. The number of carbonyl (C=O) groups excluding carboxylic acids is 1. The van der Waals surface area contributed by atoms with Crippen molar-refractivity contribution in [2.24, 2.45) is 0 Å². The van der Waals surface area contributed by atoms with Gasteiger partial charge in [0.2, 0.25) is 0 Å². The minimum Gasteiger partial charge on any atom is -0.508 e. The molecule has 0 aromatic heterocycles. The second-order valence-corrected chi connectivity index (χ2v) is 5.09. The number of benzene rings is 1. The molecule has 0 radical (unpaired) electrons. The first-order valence-corrected chi connectivity index (χ1v) is 7.39. The topological polar surface area (TPSA) is 52.6 Å². The first-order chi connectivity index (χ1) is 9.56. The molecule has 0 saturated carbocycles. The molecular formula is C16H26N2O2. The van der Waals surface area contributed by atoms with Crippen molar-refractivity contribution in [3.05, 3.63) is 29.8 Å². The van der Waals surface area contributed by atoms with Crippen LogP contribution in [0.25, 0.3) is 0 Å². The molecule has 0 aliphatic heterocycles. The van der Waals surface area contributed by atoms with Crippen LogP contribution in [-0.2, 0) is 0 Å². The summed E-state index contributed by atoms with van der Waals surface area (Å²) in [5, 5.41) is 12.3. The predicted octanol–water partition coefficient (Wildman–Crippen LogP) is 2.63. The standard InChI is InChI=1S/C16H26N2O2/c1-4-18(5-2)11-7-8-13(3)17-16(20)14-9-6-10-15(19)12-14/h6,9-10,12-13,19H,4-5,7-8,11H2,1-3H3,(H,17,20). The SMILES string of the molecule is CCN(CC)CCCC(C)NC(=O)c1cccc(O)c1. The van der Waals surface area contributed by atoms with Gasteiger partial charge in [0, 0.05) is 11.6 Å². The van der Waals surface area contributed by atoms with Crippen molar-refractivity contribution in [3.63, 3.8) is 0 Å². The molecule has 2 N–H and O–H groups in total. The van der Waals surface area contributed by atoms with Gasteiger partial charge in [0.25, 0.3) is 5.91 Å². The van der Waals surface area contributed by atoms with Crippen molar-refractivity contribution >= 4 is 5.91 Å². The number of aromatic hydroxyl groups is 1. The van der Waals surface area contributed by atoms with Gasteiger partial charge in [-0.2, -0.15) is 0 Å². The number of carbonyl (C=O) groups is 1. The van der Waals surface area contributed by atoms with E-state index in [9.17, 15) is 9.90 Å². The average molecular weight is 278 g/mol. The monoisotopic (exact) mass is 278 g/mol. The highest BCUT2D eigenvalue weighted by molar-refractivity contribution is 5.94. The quantitative estimate of drug-likeness (QED) is 0.768. The Hall–Kier alpha value is -1.55. The van der Waals surface area contributed by atoms with Crippen LogP contribution in [0.5, 0.6) is 5.75 Å². The van der Waals surface area contributed by atoms with Gasteiger partial charge in [0.15, 0.2) is 0 Å². The summed E-state index contributed by atoms with van der Waals surface area (Å²) in [6, 6.07) is 6.57. The van der Waals surface area contributed by atoms with E-state index < -0.39 is 0 Å². The average Bonchev–Trinajstić information content (AvgIpc) is 2.43. The van der Waals surface area contributed by atoms with E-state index in [4.69, 9.17) is 0 Å². The second kappa shape index (κ2) is 8.59. The molecule has 1 rings (SSSR count). The van der Waals surface area contributed by atoms with E-state index in [0.29, 0.717) is 5.56 Å². The van der Waals surface area contributed by atoms with E-state index >= 15 is 0 Å². The minimum atomic E-state index is -0.128. The van der Waals surface area contributed by atoms with Crippen LogP contribution in [-0.4, -0.2) is 41.6 Å². The number of rotatable bonds is 8. The van der Waals surface area contributed by atoms with Crippen molar-refractivity contribution in [1.82, 2.24) is 10.2 Å². The molecule has 1 atom stereocenters. The Labute approximate surface area is 121 Å². The van der Waals surface area contributed by atoms with Crippen LogP contribution in [0, 0.1) is 0 Å². The third-order valence-electron chi connectivity index (χ3n) is 3.49. The molecule has 4 nitrogen and oxygen atoms in total. The number of hydrogen-bond donors (Lipinski definition) is 2. The summed E-state index contributed by atoms with van der Waals surface area (Å²) in [6.07, 6.45) is 2.03. The molecule has 112 valence electrons. The van der Waals surface area contributed by atoms with E-state index in [1.807, 2.05) is 6.92 Å². The fourth-order valence-electron chi connectivity index (χ4n) is 2.19. The van der Waals surface area contributed by atoms with Gasteiger partial charge in [-0.25, -0.2) is 0 Å². The van der Waals surface area contributed by atoms with Crippen LogP contribution in [0.1, 0.15) is 44.0 Å². The maximum Gasteiger partial charge on any atom is 0.251 e. The van der Waals surface area contributed by atoms with Crippen molar-refractivity contribution in [2.75, 3.05) is 19.6 Å². The molecule has 0 saturated heterocycles. The summed E-state index contributed by atoms with van der Waals surface area (Å²) in [4.78, 5) is 14.4. The lowest BCUT2D eigenvalue weighted by molar-refractivity contribution is 0.0937. The minimum absolute atomic E-state index is 0.117. The summed E-state index contributed by atoms with van der Waals surface area (Å²) in [6.45, 7) is 9.55. The first kappa shape index (κ1) is 16.5. The lowest BCUT2D eigenvalue weighted by Gasteiger charge is -2.19. The summed E-state index contributed by atoms with van der Waals surface area (Å²) in [5.41, 5.74) is 0.501. The zero-order valence-corrected chi connectivity index (χ0v) is 12.7. The third-order valence-corrected chi connectivity index (χ3v) is 3.49. The van der Waals surface area contributed by atoms with Gasteiger partial charge in [-0.1, -0.05) is 19.9 Å². The molecule has 1 aromatic carbocycles. The summed E-state index contributed by atoms with van der Waals surface area (Å²) in [5.74, 6) is -0.0110. The molecule has 0 aliphatic rings. The largest absolute Gasteiger partial charge is 0.508 e. The number of phenols is 1. The van der Waals surface area contributed by atoms with E-state index in [-0.39, 0.29) is 17.7 Å². The molecule has 0 fully saturated rings. The Kier molecular flexibility index (Phi) is 7.09. The number of nitrogens with zero attached hydrogens (tertiary/aromatic N) is 1. The molecule has 0 heterocycles. The lowest BCUT2D eigenvalue weighted by Crippen LogP contribution is -2.33. The molecule has 1 unspecified atom stereocenters. The molecule has 1 amide bonds. The van der Waals surface area contributed by atoms with Crippen LogP contribution >= 0.6 is 0 Å². The van der Waals surface area contributed by atoms with Crippen molar-refractivity contribution < 1.29 is 9.90 Å². The molecule has 20 heavy (non-hydrogen) atoms. The Balaban J connectivity index is 2.35. The number of nitrogens with one attached hydrogen (secondary N) is 1.